The van der Waals surface area contributed by atoms with E-state index in [1.807, 2.05) is 24.3 Å². The molecule has 0 saturated heterocycles. The van der Waals surface area contributed by atoms with Gasteiger partial charge in [-0.2, -0.15) is 0 Å². The molecule has 3 N–H and O–H groups in total. The Morgan fingerprint density at radius 1 is 1.10 bits per heavy atom. The minimum absolute atomic E-state index is 0.468. The number of anilines is 3. The van der Waals surface area contributed by atoms with Crippen molar-refractivity contribution in [1.29, 1.82) is 0 Å². The fourth-order valence-electron chi connectivity index (χ4n) is 1.96. The lowest BCUT2D eigenvalue weighted by molar-refractivity contribution is 0.416. The smallest absolute Gasteiger partial charge is 0.142 e. The molecule has 0 spiro atoms. The molecule has 3 nitrogen and oxygen atoms in total. The molecule has 20 heavy (non-hydrogen) atoms. The number of ether oxygens (including phenoxy) is 1. The van der Waals surface area contributed by atoms with E-state index in [1.54, 1.807) is 7.11 Å². The molecule has 0 bridgehead atoms. The van der Waals surface area contributed by atoms with Crippen molar-refractivity contribution in [2.24, 2.45) is 0 Å². The monoisotopic (exact) mass is 334 g/mol. The van der Waals surface area contributed by atoms with E-state index in [9.17, 15) is 0 Å². The zero-order valence-electron chi connectivity index (χ0n) is 11.9. The van der Waals surface area contributed by atoms with E-state index in [0.29, 0.717) is 11.6 Å². The van der Waals surface area contributed by atoms with Crippen LogP contribution in [0.15, 0.2) is 40.9 Å². The first-order valence-corrected chi connectivity index (χ1v) is 7.30. The van der Waals surface area contributed by atoms with Gasteiger partial charge in [-0.25, -0.2) is 0 Å². The molecule has 0 fully saturated rings. The summed E-state index contributed by atoms with van der Waals surface area (Å²) in [5.74, 6) is 1.29. The minimum atomic E-state index is 0.468. The van der Waals surface area contributed by atoms with E-state index >= 15 is 0 Å². The second-order valence-corrected chi connectivity index (χ2v) is 5.89. The van der Waals surface area contributed by atoms with Crippen molar-refractivity contribution in [2.75, 3.05) is 18.2 Å². The summed E-state index contributed by atoms with van der Waals surface area (Å²) in [6, 6.07) is 11.9. The summed E-state index contributed by atoms with van der Waals surface area (Å²) < 4.78 is 6.42. The molecule has 2 rings (SSSR count). The highest BCUT2D eigenvalue weighted by Gasteiger charge is 2.08. The molecule has 0 aliphatic carbocycles. The van der Waals surface area contributed by atoms with Crippen LogP contribution in [0.1, 0.15) is 25.3 Å². The highest BCUT2D eigenvalue weighted by molar-refractivity contribution is 9.10. The predicted octanol–water partition coefficient (Wildman–Crippen LogP) is 4.91. The maximum absolute atomic E-state index is 6.01. The first kappa shape index (κ1) is 14.7. The van der Waals surface area contributed by atoms with Crippen molar-refractivity contribution in [3.63, 3.8) is 0 Å². The van der Waals surface area contributed by atoms with Gasteiger partial charge in [0, 0.05) is 4.47 Å². The molecule has 0 aromatic heterocycles. The van der Waals surface area contributed by atoms with E-state index < -0.39 is 0 Å². The molecule has 2 aromatic carbocycles. The molecule has 0 unspecified atom stereocenters. The fraction of sp³-hybridized carbons (Fsp3) is 0.250. The highest BCUT2D eigenvalue weighted by atomic mass is 79.9. The van der Waals surface area contributed by atoms with Gasteiger partial charge in [-0.1, -0.05) is 35.8 Å². The van der Waals surface area contributed by atoms with Gasteiger partial charge in [0.25, 0.3) is 0 Å². The fourth-order valence-corrected chi connectivity index (χ4v) is 2.34. The summed E-state index contributed by atoms with van der Waals surface area (Å²) in [6.07, 6.45) is 0. The summed E-state index contributed by atoms with van der Waals surface area (Å²) in [4.78, 5) is 0. The third-order valence-electron chi connectivity index (χ3n) is 3.18. The Kier molecular flexibility index (Phi) is 4.55. The van der Waals surface area contributed by atoms with Crippen LogP contribution < -0.4 is 15.8 Å². The summed E-state index contributed by atoms with van der Waals surface area (Å²) in [6.45, 7) is 4.32. The van der Waals surface area contributed by atoms with E-state index in [2.05, 4.69) is 47.2 Å². The number of benzene rings is 2. The third-order valence-corrected chi connectivity index (χ3v) is 3.67. The number of nitrogens with one attached hydrogen (secondary N) is 1. The molecule has 0 amide bonds. The van der Waals surface area contributed by atoms with Crippen molar-refractivity contribution in [3.05, 3.63) is 46.4 Å². The summed E-state index contributed by atoms with van der Waals surface area (Å²) >= 11 is 3.40. The van der Waals surface area contributed by atoms with Crippen molar-refractivity contribution >= 4 is 33.0 Å². The van der Waals surface area contributed by atoms with E-state index in [1.165, 1.54) is 5.56 Å². The third kappa shape index (κ3) is 3.25. The van der Waals surface area contributed by atoms with Gasteiger partial charge in [0.1, 0.15) is 5.75 Å². The van der Waals surface area contributed by atoms with Crippen LogP contribution in [0.5, 0.6) is 5.75 Å². The van der Waals surface area contributed by atoms with E-state index in [4.69, 9.17) is 10.5 Å². The number of methoxy groups -OCH3 is 1. The average Bonchev–Trinajstić information content (AvgIpc) is 2.42. The number of rotatable bonds is 4. The van der Waals surface area contributed by atoms with Gasteiger partial charge in [0.2, 0.25) is 0 Å². The van der Waals surface area contributed by atoms with Crippen molar-refractivity contribution < 1.29 is 4.74 Å². The number of nitrogen functional groups attached to an aromatic ring is 1. The van der Waals surface area contributed by atoms with Gasteiger partial charge in [-0.05, 0) is 41.8 Å². The molecule has 0 radical (unpaired) electrons. The van der Waals surface area contributed by atoms with Gasteiger partial charge in [-0.15, -0.1) is 0 Å². The van der Waals surface area contributed by atoms with E-state index in [0.717, 1.165) is 21.6 Å². The largest absolute Gasteiger partial charge is 0.495 e. The van der Waals surface area contributed by atoms with Crippen molar-refractivity contribution in [2.45, 2.75) is 19.8 Å². The standard InChI is InChI=1S/C16H19BrN2O/c1-10(2)11-4-6-15(16(8-11)20-3)19-14-7-5-12(17)9-13(14)18/h4-10,19H,18H2,1-3H3. The molecule has 106 valence electrons. The molecule has 4 heteroatoms. The first-order valence-electron chi connectivity index (χ1n) is 6.51. The van der Waals surface area contributed by atoms with Crippen LogP contribution in [0.25, 0.3) is 0 Å². The maximum atomic E-state index is 6.01. The lowest BCUT2D eigenvalue weighted by Gasteiger charge is -2.15. The average molecular weight is 335 g/mol. The zero-order chi connectivity index (χ0) is 14.7. The Morgan fingerprint density at radius 2 is 1.80 bits per heavy atom. The Balaban J connectivity index is 2.33. The molecule has 0 heterocycles. The predicted molar refractivity (Wildman–Crippen MR) is 88.9 cm³/mol. The zero-order valence-corrected chi connectivity index (χ0v) is 13.5. The number of hydrogen-bond acceptors (Lipinski definition) is 3. The van der Waals surface area contributed by atoms with Crippen LogP contribution in [-0.4, -0.2) is 7.11 Å². The first-order chi connectivity index (χ1) is 9.51. The Bertz CT molecular complexity index is 611. The number of hydrogen-bond donors (Lipinski definition) is 2. The van der Waals surface area contributed by atoms with Gasteiger partial charge in [0.05, 0.1) is 24.2 Å². The van der Waals surface area contributed by atoms with E-state index in [-0.39, 0.29) is 0 Å². The SMILES string of the molecule is COc1cc(C(C)C)ccc1Nc1ccc(Br)cc1N. The quantitative estimate of drug-likeness (QED) is 0.781. The summed E-state index contributed by atoms with van der Waals surface area (Å²) in [5, 5.41) is 3.31. The second-order valence-electron chi connectivity index (χ2n) is 4.97. The van der Waals surface area contributed by atoms with Crippen LogP contribution in [0.3, 0.4) is 0 Å². The summed E-state index contributed by atoms with van der Waals surface area (Å²) in [5.41, 5.74) is 9.71. The molecule has 0 aliphatic heterocycles. The van der Waals surface area contributed by atoms with Crippen LogP contribution in [0.2, 0.25) is 0 Å². The lowest BCUT2D eigenvalue weighted by Crippen LogP contribution is -1.99. The van der Waals surface area contributed by atoms with Crippen LogP contribution in [0.4, 0.5) is 17.1 Å². The molecular formula is C16H19BrN2O. The molecule has 0 aliphatic rings. The minimum Gasteiger partial charge on any atom is -0.495 e. The molecule has 0 saturated carbocycles. The van der Waals surface area contributed by atoms with Crippen molar-refractivity contribution in [3.8, 4) is 5.75 Å². The number of nitrogens with two attached hydrogens (primary N) is 1. The van der Waals surface area contributed by atoms with Gasteiger partial charge < -0.3 is 15.8 Å². The molecular weight excluding hydrogens is 316 g/mol. The Morgan fingerprint density at radius 3 is 2.40 bits per heavy atom. The van der Waals surface area contributed by atoms with Gasteiger partial charge in [-0.3, -0.25) is 0 Å². The lowest BCUT2D eigenvalue weighted by atomic mass is 10.0. The van der Waals surface area contributed by atoms with Crippen LogP contribution in [0, 0.1) is 0 Å². The molecule has 2 aromatic rings. The van der Waals surface area contributed by atoms with Gasteiger partial charge >= 0.3 is 0 Å². The van der Waals surface area contributed by atoms with Crippen LogP contribution >= 0.6 is 15.9 Å². The van der Waals surface area contributed by atoms with Crippen molar-refractivity contribution in [1.82, 2.24) is 0 Å². The highest BCUT2D eigenvalue weighted by Crippen LogP contribution is 2.33. The molecule has 0 atom stereocenters. The topological polar surface area (TPSA) is 47.3 Å². The maximum Gasteiger partial charge on any atom is 0.142 e. The second kappa shape index (κ2) is 6.18. The normalized spacial score (nSPS) is 10.7. The Labute approximate surface area is 128 Å². The number of halogens is 1. The van der Waals surface area contributed by atoms with Crippen LogP contribution in [-0.2, 0) is 0 Å². The van der Waals surface area contributed by atoms with Gasteiger partial charge in [0.15, 0.2) is 0 Å². The Hall–Kier alpha value is -1.68. The summed E-state index contributed by atoms with van der Waals surface area (Å²) in [7, 11) is 1.68.